The monoisotopic (exact) mass is 246 g/mol. The Morgan fingerprint density at radius 2 is 2.22 bits per heavy atom. The standard InChI is InChI=1S/C12H18N6/c1-8-10(9(2)16-15-8)7-13-12-14-11-5-3-4-6-18(11)17-12/h3-7H2,1-2H3,(H,13,17)(H,15,16). The Balaban J connectivity index is 1.72. The normalized spacial score (nSPS) is 14.6. The van der Waals surface area contributed by atoms with Crippen LogP contribution in [0.1, 0.15) is 35.6 Å². The third-order valence-electron chi connectivity index (χ3n) is 3.47. The van der Waals surface area contributed by atoms with Crippen molar-refractivity contribution in [2.45, 2.75) is 46.2 Å². The van der Waals surface area contributed by atoms with Gasteiger partial charge in [0.25, 0.3) is 0 Å². The van der Waals surface area contributed by atoms with Crippen LogP contribution in [0.25, 0.3) is 0 Å². The average molecular weight is 246 g/mol. The van der Waals surface area contributed by atoms with E-state index in [-0.39, 0.29) is 0 Å². The fraction of sp³-hybridized carbons (Fsp3) is 0.583. The van der Waals surface area contributed by atoms with Gasteiger partial charge in [-0.25, -0.2) is 4.68 Å². The second kappa shape index (κ2) is 4.44. The van der Waals surface area contributed by atoms with Crippen LogP contribution < -0.4 is 5.32 Å². The van der Waals surface area contributed by atoms with Crippen molar-refractivity contribution in [2.75, 3.05) is 5.32 Å². The summed E-state index contributed by atoms with van der Waals surface area (Å²) in [5.74, 6) is 1.83. The summed E-state index contributed by atoms with van der Waals surface area (Å²) < 4.78 is 2.01. The highest BCUT2D eigenvalue weighted by Crippen LogP contribution is 2.15. The van der Waals surface area contributed by atoms with Gasteiger partial charge in [-0.1, -0.05) is 0 Å². The van der Waals surface area contributed by atoms with E-state index in [1.807, 2.05) is 18.5 Å². The molecule has 0 saturated heterocycles. The van der Waals surface area contributed by atoms with E-state index in [1.165, 1.54) is 18.4 Å². The lowest BCUT2D eigenvalue weighted by atomic mass is 10.2. The highest BCUT2D eigenvalue weighted by molar-refractivity contribution is 5.31. The number of H-pyrrole nitrogens is 1. The number of nitrogens with one attached hydrogen (secondary N) is 2. The minimum absolute atomic E-state index is 0.720. The maximum Gasteiger partial charge on any atom is 0.242 e. The molecule has 0 saturated carbocycles. The summed E-state index contributed by atoms with van der Waals surface area (Å²) in [5.41, 5.74) is 3.33. The molecule has 2 aromatic rings. The maximum absolute atomic E-state index is 4.52. The SMILES string of the molecule is Cc1n[nH]c(C)c1CNc1nc2n(n1)CCCC2. The molecule has 0 amide bonds. The molecular weight excluding hydrogens is 228 g/mol. The molecule has 1 aliphatic rings. The third-order valence-corrected chi connectivity index (χ3v) is 3.47. The van der Waals surface area contributed by atoms with Crippen molar-refractivity contribution in [1.29, 1.82) is 0 Å². The van der Waals surface area contributed by atoms with Gasteiger partial charge in [0.15, 0.2) is 0 Å². The maximum atomic E-state index is 4.52. The summed E-state index contributed by atoms with van der Waals surface area (Å²) in [4.78, 5) is 4.52. The number of aryl methyl sites for hydroxylation is 4. The second-order valence-corrected chi connectivity index (χ2v) is 4.80. The first kappa shape index (κ1) is 11.3. The molecule has 0 radical (unpaired) electrons. The Morgan fingerprint density at radius 1 is 1.33 bits per heavy atom. The van der Waals surface area contributed by atoms with E-state index in [9.17, 15) is 0 Å². The van der Waals surface area contributed by atoms with Crippen molar-refractivity contribution in [3.8, 4) is 0 Å². The molecule has 2 aromatic heterocycles. The molecule has 3 rings (SSSR count). The second-order valence-electron chi connectivity index (χ2n) is 4.80. The van der Waals surface area contributed by atoms with Crippen LogP contribution in [0, 0.1) is 13.8 Å². The van der Waals surface area contributed by atoms with Crippen LogP contribution in [0.15, 0.2) is 0 Å². The average Bonchev–Trinajstić information content (AvgIpc) is 2.91. The molecule has 0 spiro atoms. The van der Waals surface area contributed by atoms with Gasteiger partial charge in [0, 0.05) is 30.8 Å². The molecule has 0 bridgehead atoms. The summed E-state index contributed by atoms with van der Waals surface area (Å²) in [5, 5.41) is 14.9. The molecule has 18 heavy (non-hydrogen) atoms. The first-order valence-corrected chi connectivity index (χ1v) is 6.42. The van der Waals surface area contributed by atoms with Gasteiger partial charge in [0.2, 0.25) is 5.95 Å². The van der Waals surface area contributed by atoms with Crippen LogP contribution >= 0.6 is 0 Å². The van der Waals surface area contributed by atoms with Crippen molar-refractivity contribution >= 4 is 5.95 Å². The van der Waals surface area contributed by atoms with Gasteiger partial charge < -0.3 is 5.32 Å². The number of aromatic nitrogens is 5. The number of rotatable bonds is 3. The number of hydrogen-bond acceptors (Lipinski definition) is 4. The Bertz CT molecular complexity index is 510. The molecular formula is C12H18N6. The predicted molar refractivity (Wildman–Crippen MR) is 68.3 cm³/mol. The van der Waals surface area contributed by atoms with E-state index >= 15 is 0 Å². The van der Waals surface area contributed by atoms with Crippen LogP contribution in [0.4, 0.5) is 5.95 Å². The van der Waals surface area contributed by atoms with Gasteiger partial charge in [-0.05, 0) is 26.7 Å². The molecule has 0 fully saturated rings. The third kappa shape index (κ3) is 1.98. The fourth-order valence-electron chi connectivity index (χ4n) is 2.36. The van der Waals surface area contributed by atoms with Crippen molar-refractivity contribution < 1.29 is 0 Å². The Morgan fingerprint density at radius 3 is 2.94 bits per heavy atom. The van der Waals surface area contributed by atoms with Crippen molar-refractivity contribution in [3.05, 3.63) is 22.8 Å². The van der Waals surface area contributed by atoms with Gasteiger partial charge in [-0.15, -0.1) is 5.10 Å². The smallest absolute Gasteiger partial charge is 0.242 e. The number of nitrogens with zero attached hydrogens (tertiary/aromatic N) is 4. The van der Waals surface area contributed by atoms with Gasteiger partial charge in [0.05, 0.1) is 5.69 Å². The molecule has 2 N–H and O–H groups in total. The summed E-state index contributed by atoms with van der Waals surface area (Å²) in [7, 11) is 0. The van der Waals surface area contributed by atoms with Crippen LogP contribution in [0.5, 0.6) is 0 Å². The molecule has 1 aliphatic heterocycles. The lowest BCUT2D eigenvalue weighted by molar-refractivity contribution is 0.480. The molecule has 6 nitrogen and oxygen atoms in total. The zero-order chi connectivity index (χ0) is 12.5. The fourth-order valence-corrected chi connectivity index (χ4v) is 2.36. The quantitative estimate of drug-likeness (QED) is 0.862. The Labute approximate surface area is 106 Å². The van der Waals surface area contributed by atoms with Crippen LogP contribution in [0.2, 0.25) is 0 Å². The van der Waals surface area contributed by atoms with Crippen molar-refractivity contribution in [2.24, 2.45) is 0 Å². The van der Waals surface area contributed by atoms with Crippen LogP contribution in [0.3, 0.4) is 0 Å². The predicted octanol–water partition coefficient (Wildman–Crippen LogP) is 1.57. The van der Waals surface area contributed by atoms with Gasteiger partial charge in [-0.3, -0.25) is 5.10 Å². The first-order valence-electron chi connectivity index (χ1n) is 6.42. The highest BCUT2D eigenvalue weighted by Gasteiger charge is 2.14. The van der Waals surface area contributed by atoms with E-state index in [2.05, 4.69) is 25.6 Å². The lowest BCUT2D eigenvalue weighted by Gasteiger charge is -2.09. The lowest BCUT2D eigenvalue weighted by Crippen LogP contribution is -2.11. The van der Waals surface area contributed by atoms with E-state index in [1.54, 1.807) is 0 Å². The minimum Gasteiger partial charge on any atom is -0.349 e. The summed E-state index contributed by atoms with van der Waals surface area (Å²) in [6.45, 7) is 5.75. The molecule has 0 atom stereocenters. The largest absolute Gasteiger partial charge is 0.349 e. The van der Waals surface area contributed by atoms with E-state index in [4.69, 9.17) is 0 Å². The number of aromatic amines is 1. The molecule has 3 heterocycles. The molecule has 6 heteroatoms. The summed E-state index contributed by atoms with van der Waals surface area (Å²) in [6.07, 6.45) is 3.46. The molecule has 96 valence electrons. The topological polar surface area (TPSA) is 71.4 Å². The molecule has 0 aliphatic carbocycles. The van der Waals surface area contributed by atoms with Gasteiger partial charge in [-0.2, -0.15) is 10.1 Å². The van der Waals surface area contributed by atoms with E-state index in [0.717, 1.165) is 42.7 Å². The van der Waals surface area contributed by atoms with Gasteiger partial charge in [0.1, 0.15) is 5.82 Å². The zero-order valence-electron chi connectivity index (χ0n) is 10.8. The zero-order valence-corrected chi connectivity index (χ0v) is 10.8. The Hall–Kier alpha value is -1.85. The summed E-state index contributed by atoms with van der Waals surface area (Å²) >= 11 is 0. The molecule has 0 aromatic carbocycles. The highest BCUT2D eigenvalue weighted by atomic mass is 15.4. The first-order chi connectivity index (χ1) is 8.74. The van der Waals surface area contributed by atoms with E-state index < -0.39 is 0 Å². The van der Waals surface area contributed by atoms with E-state index in [0.29, 0.717) is 0 Å². The number of fused-ring (bicyclic) bond motifs is 1. The number of hydrogen-bond donors (Lipinski definition) is 2. The van der Waals surface area contributed by atoms with Crippen LogP contribution in [-0.4, -0.2) is 25.0 Å². The molecule has 0 unspecified atom stereocenters. The summed E-state index contributed by atoms with van der Waals surface area (Å²) in [6, 6.07) is 0. The number of anilines is 1. The Kier molecular flexibility index (Phi) is 2.77. The van der Waals surface area contributed by atoms with Crippen molar-refractivity contribution in [3.63, 3.8) is 0 Å². The minimum atomic E-state index is 0.720. The van der Waals surface area contributed by atoms with Crippen LogP contribution in [-0.2, 0) is 19.5 Å². The van der Waals surface area contributed by atoms with Crippen molar-refractivity contribution in [1.82, 2.24) is 25.0 Å². The van der Waals surface area contributed by atoms with Gasteiger partial charge >= 0.3 is 0 Å².